The van der Waals surface area contributed by atoms with E-state index in [2.05, 4.69) is 32.2 Å². The van der Waals surface area contributed by atoms with Crippen molar-refractivity contribution in [1.29, 1.82) is 0 Å². The van der Waals surface area contributed by atoms with Crippen LogP contribution < -0.4 is 4.74 Å². The van der Waals surface area contributed by atoms with Gasteiger partial charge in [0.2, 0.25) is 0 Å². The lowest BCUT2D eigenvalue weighted by atomic mass is 10.2. The summed E-state index contributed by atoms with van der Waals surface area (Å²) in [6.07, 6.45) is 5.02. The smallest absolute Gasteiger partial charge is 0.163 e. The maximum absolute atomic E-state index is 5.91. The lowest BCUT2D eigenvalue weighted by Gasteiger charge is -2.09. The predicted octanol–water partition coefficient (Wildman–Crippen LogP) is 4.46. The Balaban J connectivity index is 1.32. The highest BCUT2D eigenvalue weighted by atomic mass is 16.5. The molecule has 0 atom stereocenters. The van der Waals surface area contributed by atoms with E-state index in [1.165, 1.54) is 0 Å². The quantitative estimate of drug-likeness (QED) is 0.451. The molecule has 3 heterocycles. The lowest BCUT2D eigenvalue weighted by molar-refractivity contribution is 0.302. The molecule has 5 aromatic rings. The number of pyridine rings is 2. The molecule has 0 aliphatic rings. The van der Waals surface area contributed by atoms with Gasteiger partial charge in [0.1, 0.15) is 18.7 Å². The average Bonchev–Trinajstić information content (AvgIpc) is 3.28. The van der Waals surface area contributed by atoms with Crippen LogP contribution in [0.5, 0.6) is 5.75 Å². The zero-order chi connectivity index (χ0) is 19.5. The van der Waals surface area contributed by atoms with Gasteiger partial charge in [-0.05, 0) is 48.5 Å². The summed E-state index contributed by atoms with van der Waals surface area (Å²) in [6, 6.07) is 23.7. The highest BCUT2D eigenvalue weighted by Gasteiger charge is 2.09. The van der Waals surface area contributed by atoms with E-state index in [-0.39, 0.29) is 0 Å². The van der Waals surface area contributed by atoms with Gasteiger partial charge in [-0.15, -0.1) is 0 Å². The second-order valence-corrected chi connectivity index (χ2v) is 6.51. The summed E-state index contributed by atoms with van der Waals surface area (Å²) in [5.74, 6) is 1.54. The highest BCUT2D eigenvalue weighted by molar-refractivity contribution is 5.78. The van der Waals surface area contributed by atoms with Crippen molar-refractivity contribution in [3.05, 3.63) is 97.2 Å². The van der Waals surface area contributed by atoms with Crippen LogP contribution in [0.25, 0.3) is 28.0 Å². The van der Waals surface area contributed by atoms with Crippen molar-refractivity contribution in [1.82, 2.24) is 24.7 Å². The molecule has 140 valence electrons. The maximum Gasteiger partial charge on any atom is 0.163 e. The van der Waals surface area contributed by atoms with Crippen LogP contribution in [0.3, 0.4) is 0 Å². The first-order chi connectivity index (χ1) is 14.4. The molecular formula is C23H17N5O. The number of nitrogens with zero attached hydrogens (tertiary/aromatic N) is 5. The molecule has 5 rings (SSSR count). The maximum atomic E-state index is 5.91. The molecule has 0 aliphatic carbocycles. The van der Waals surface area contributed by atoms with E-state index >= 15 is 0 Å². The molecule has 0 spiro atoms. The Morgan fingerprint density at radius 1 is 0.828 bits per heavy atom. The van der Waals surface area contributed by atoms with Crippen LogP contribution >= 0.6 is 0 Å². The first-order valence-corrected chi connectivity index (χ1v) is 9.25. The summed E-state index contributed by atoms with van der Waals surface area (Å²) < 4.78 is 7.70. The molecule has 6 nitrogen and oxygen atoms in total. The molecule has 0 bridgehead atoms. The molecule has 29 heavy (non-hydrogen) atoms. The lowest BCUT2D eigenvalue weighted by Crippen LogP contribution is -2.00. The second-order valence-electron chi connectivity index (χ2n) is 6.51. The molecule has 0 fully saturated rings. The van der Waals surface area contributed by atoms with Crippen molar-refractivity contribution < 1.29 is 4.74 Å². The Kier molecular flexibility index (Phi) is 4.42. The van der Waals surface area contributed by atoms with Gasteiger partial charge >= 0.3 is 0 Å². The van der Waals surface area contributed by atoms with Crippen LogP contribution in [0.2, 0.25) is 0 Å². The Bertz CT molecular complexity index is 1250. The summed E-state index contributed by atoms with van der Waals surface area (Å²) in [7, 11) is 0. The number of ether oxygens (including phenoxy) is 1. The van der Waals surface area contributed by atoms with E-state index in [0.29, 0.717) is 6.61 Å². The SMILES string of the molecule is c1ccc2nc(COc3ccc(-c4ncnn4-c4ccncc4)cc3)ccc2c1. The topological polar surface area (TPSA) is 65.7 Å². The number of aromatic nitrogens is 5. The van der Waals surface area contributed by atoms with Gasteiger partial charge in [0, 0.05) is 23.3 Å². The number of rotatable bonds is 5. The summed E-state index contributed by atoms with van der Waals surface area (Å²) in [4.78, 5) is 13.1. The van der Waals surface area contributed by atoms with Crippen LogP contribution in [-0.4, -0.2) is 24.7 Å². The van der Waals surface area contributed by atoms with Crippen molar-refractivity contribution in [2.45, 2.75) is 6.61 Å². The van der Waals surface area contributed by atoms with Gasteiger partial charge < -0.3 is 4.74 Å². The fourth-order valence-electron chi connectivity index (χ4n) is 3.16. The molecular weight excluding hydrogens is 362 g/mol. The van der Waals surface area contributed by atoms with Gasteiger partial charge in [-0.1, -0.05) is 24.3 Å². The summed E-state index contributed by atoms with van der Waals surface area (Å²) >= 11 is 0. The highest BCUT2D eigenvalue weighted by Crippen LogP contribution is 2.23. The molecule has 0 N–H and O–H groups in total. The van der Waals surface area contributed by atoms with E-state index < -0.39 is 0 Å². The summed E-state index contributed by atoms with van der Waals surface area (Å²) in [5, 5.41) is 5.45. The number of hydrogen-bond donors (Lipinski definition) is 0. The van der Waals surface area contributed by atoms with Gasteiger partial charge in [0.15, 0.2) is 5.82 Å². The van der Waals surface area contributed by atoms with Gasteiger partial charge in [-0.2, -0.15) is 5.10 Å². The van der Waals surface area contributed by atoms with Crippen LogP contribution in [0.4, 0.5) is 0 Å². The van der Waals surface area contributed by atoms with E-state index in [4.69, 9.17) is 4.74 Å². The fraction of sp³-hybridized carbons (Fsp3) is 0.0435. The molecule has 0 amide bonds. The Hall–Kier alpha value is -4.06. The third-order valence-electron chi connectivity index (χ3n) is 4.61. The van der Waals surface area contributed by atoms with E-state index in [1.54, 1.807) is 23.4 Å². The molecule has 0 aliphatic heterocycles. The van der Waals surface area contributed by atoms with Crippen molar-refractivity contribution in [2.75, 3.05) is 0 Å². The normalized spacial score (nSPS) is 10.9. The first-order valence-electron chi connectivity index (χ1n) is 9.25. The zero-order valence-corrected chi connectivity index (χ0v) is 15.5. The van der Waals surface area contributed by atoms with E-state index in [9.17, 15) is 0 Å². The third kappa shape index (κ3) is 3.55. The van der Waals surface area contributed by atoms with Crippen LogP contribution in [0.15, 0.2) is 91.5 Å². The number of hydrogen-bond acceptors (Lipinski definition) is 5. The molecule has 6 heteroatoms. The number of benzene rings is 2. The third-order valence-corrected chi connectivity index (χ3v) is 4.61. The monoisotopic (exact) mass is 379 g/mol. The first kappa shape index (κ1) is 17.1. The minimum absolute atomic E-state index is 0.414. The fourth-order valence-corrected chi connectivity index (χ4v) is 3.16. The van der Waals surface area contributed by atoms with Crippen molar-refractivity contribution in [3.8, 4) is 22.8 Å². The molecule has 0 unspecified atom stereocenters. The summed E-state index contributed by atoms with van der Waals surface area (Å²) in [5.41, 5.74) is 3.73. The predicted molar refractivity (Wildman–Crippen MR) is 111 cm³/mol. The minimum Gasteiger partial charge on any atom is -0.487 e. The van der Waals surface area contributed by atoms with Gasteiger partial charge in [-0.3, -0.25) is 4.98 Å². The van der Waals surface area contributed by atoms with Gasteiger partial charge in [0.25, 0.3) is 0 Å². The Morgan fingerprint density at radius 2 is 1.66 bits per heavy atom. The minimum atomic E-state index is 0.414. The van der Waals surface area contributed by atoms with Crippen molar-refractivity contribution in [2.24, 2.45) is 0 Å². The van der Waals surface area contributed by atoms with Gasteiger partial charge in [0.05, 0.1) is 16.9 Å². The molecule has 0 saturated heterocycles. The average molecular weight is 379 g/mol. The molecule has 2 aromatic carbocycles. The van der Waals surface area contributed by atoms with Crippen LogP contribution in [-0.2, 0) is 6.61 Å². The van der Waals surface area contributed by atoms with Crippen molar-refractivity contribution >= 4 is 10.9 Å². The van der Waals surface area contributed by atoms with E-state index in [1.807, 2.05) is 60.7 Å². The molecule has 0 saturated carbocycles. The standard InChI is InChI=1S/C23H17N5O/c1-2-4-22-17(3-1)5-8-19(27-22)15-29-21-9-6-18(7-10-21)23-25-16-26-28(23)20-11-13-24-14-12-20/h1-14,16H,15H2. The summed E-state index contributed by atoms with van der Waals surface area (Å²) in [6.45, 7) is 0.414. The van der Waals surface area contributed by atoms with Crippen LogP contribution in [0, 0.1) is 0 Å². The number of fused-ring (bicyclic) bond motifs is 1. The largest absolute Gasteiger partial charge is 0.487 e. The Labute approximate surface area is 167 Å². The Morgan fingerprint density at radius 3 is 2.52 bits per heavy atom. The van der Waals surface area contributed by atoms with E-state index in [0.717, 1.165) is 39.4 Å². The second kappa shape index (κ2) is 7.52. The molecule has 3 aromatic heterocycles. The molecule has 0 radical (unpaired) electrons. The number of para-hydroxylation sites is 1. The van der Waals surface area contributed by atoms with Gasteiger partial charge in [-0.25, -0.2) is 14.6 Å². The zero-order valence-electron chi connectivity index (χ0n) is 15.5. The van der Waals surface area contributed by atoms with Crippen LogP contribution in [0.1, 0.15) is 5.69 Å². The van der Waals surface area contributed by atoms with Crippen molar-refractivity contribution in [3.63, 3.8) is 0 Å².